The van der Waals surface area contributed by atoms with Crippen LogP contribution in [0.4, 0.5) is 23.2 Å². The lowest BCUT2D eigenvalue weighted by Crippen LogP contribution is -2.28. The lowest BCUT2D eigenvalue weighted by Gasteiger charge is -2.28. The molecule has 0 aliphatic rings. The molecule has 270 valence electrons. The van der Waals surface area contributed by atoms with Gasteiger partial charge in [0.1, 0.15) is 11.6 Å². The van der Waals surface area contributed by atoms with E-state index in [1.807, 2.05) is 39.8 Å². The number of carbonyl (C=O) groups excluding carboxylic acids is 3. The summed E-state index contributed by atoms with van der Waals surface area (Å²) in [6, 6.07) is 20.3. The third kappa shape index (κ3) is 10.4. The molecule has 0 aliphatic heterocycles. The van der Waals surface area contributed by atoms with Crippen molar-refractivity contribution < 1.29 is 41.4 Å². The quantitative estimate of drug-likeness (QED) is 0.101. The summed E-state index contributed by atoms with van der Waals surface area (Å²) < 4.78 is 63.3. The smallest absolute Gasteiger partial charge is 0.466 e. The third-order valence-corrected chi connectivity index (χ3v) is 8.47. The first-order valence-corrected chi connectivity index (χ1v) is 16.8. The highest BCUT2D eigenvalue weighted by molar-refractivity contribution is 5.97. The third-order valence-electron chi connectivity index (χ3n) is 8.47. The summed E-state index contributed by atoms with van der Waals surface area (Å²) in [6.07, 6.45) is -3.75. The van der Waals surface area contributed by atoms with Crippen molar-refractivity contribution in [1.82, 2.24) is 5.32 Å². The van der Waals surface area contributed by atoms with Crippen LogP contribution in [0.3, 0.4) is 0 Å². The number of alkyl halides is 3. The van der Waals surface area contributed by atoms with E-state index < -0.39 is 47.5 Å². The first-order chi connectivity index (χ1) is 24.2. The Bertz CT molecular complexity index is 1820. The highest BCUT2D eigenvalue weighted by Gasteiger charge is 2.33. The molecule has 11 heteroatoms. The summed E-state index contributed by atoms with van der Waals surface area (Å²) in [4.78, 5) is 38.5. The molecule has 0 saturated heterocycles. The maximum Gasteiger partial charge on any atom is 0.573 e. The summed E-state index contributed by atoms with van der Waals surface area (Å²) in [7, 11) is 0. The van der Waals surface area contributed by atoms with Crippen molar-refractivity contribution >= 4 is 23.5 Å². The maximum absolute atomic E-state index is 15.7. The van der Waals surface area contributed by atoms with E-state index >= 15 is 4.39 Å². The Hall–Kier alpha value is -5.19. The molecule has 0 radical (unpaired) electrons. The van der Waals surface area contributed by atoms with Crippen molar-refractivity contribution in [2.45, 2.75) is 72.1 Å². The number of ether oxygens (including phenoxy) is 2. The first-order valence-electron chi connectivity index (χ1n) is 16.8. The Balaban J connectivity index is 1.65. The number of amides is 2. The number of rotatable bonds is 14. The van der Waals surface area contributed by atoms with Crippen LogP contribution in [0, 0.1) is 26.6 Å². The Morgan fingerprint density at radius 1 is 0.824 bits per heavy atom. The lowest BCUT2D eigenvalue weighted by atomic mass is 9.78. The standard InChI is InChI=1S/C40H42F4N2O5/c1-6-8-32(27-9-11-29(12-10-27)38(48)45-20-19-35(47)50-7-2)37(28-13-16-31(17-14-28)51-40(42,43)44)39(49)46-34-18-15-30(23-33(34)41)36-25(4)21-24(3)22-26(36)5/h9-18,21-23,32,37H,6-8,19-20H2,1-5H3,(H,45,48)(H,46,49)/t32-,37+/m1/s1. The fourth-order valence-electron chi connectivity index (χ4n) is 6.39. The molecule has 51 heavy (non-hydrogen) atoms. The molecule has 0 unspecified atom stereocenters. The van der Waals surface area contributed by atoms with Gasteiger partial charge in [-0.1, -0.05) is 61.4 Å². The van der Waals surface area contributed by atoms with Crippen molar-refractivity contribution in [3.8, 4) is 16.9 Å². The van der Waals surface area contributed by atoms with E-state index in [1.165, 1.54) is 24.3 Å². The maximum atomic E-state index is 15.7. The van der Waals surface area contributed by atoms with Crippen molar-refractivity contribution in [2.75, 3.05) is 18.5 Å². The van der Waals surface area contributed by atoms with Gasteiger partial charge >= 0.3 is 12.3 Å². The fourth-order valence-corrected chi connectivity index (χ4v) is 6.39. The molecule has 2 atom stereocenters. The molecule has 0 aliphatic carbocycles. The summed E-state index contributed by atoms with van der Waals surface area (Å²) in [5, 5.41) is 5.41. The van der Waals surface area contributed by atoms with Crippen LogP contribution in [-0.2, 0) is 14.3 Å². The molecule has 4 aromatic carbocycles. The molecule has 2 N–H and O–H groups in total. The summed E-state index contributed by atoms with van der Waals surface area (Å²) >= 11 is 0. The van der Waals surface area contributed by atoms with Gasteiger partial charge in [0.05, 0.1) is 24.6 Å². The highest BCUT2D eigenvalue weighted by atomic mass is 19.4. The van der Waals surface area contributed by atoms with E-state index in [0.29, 0.717) is 35.1 Å². The molecule has 0 spiro atoms. The van der Waals surface area contributed by atoms with Crippen LogP contribution in [-0.4, -0.2) is 37.3 Å². The van der Waals surface area contributed by atoms with Crippen molar-refractivity contribution in [2.24, 2.45) is 0 Å². The topological polar surface area (TPSA) is 93.7 Å². The van der Waals surface area contributed by atoms with Crippen LogP contribution in [0.5, 0.6) is 5.75 Å². The Morgan fingerprint density at radius 3 is 2.02 bits per heavy atom. The number of esters is 1. The predicted molar refractivity (Wildman–Crippen MR) is 188 cm³/mol. The van der Waals surface area contributed by atoms with Gasteiger partial charge in [-0.15, -0.1) is 13.2 Å². The van der Waals surface area contributed by atoms with Crippen LogP contribution < -0.4 is 15.4 Å². The number of nitrogens with one attached hydrogen (secondary N) is 2. The minimum absolute atomic E-state index is 0.0222. The van der Waals surface area contributed by atoms with Crippen LogP contribution in [0.1, 0.15) is 83.1 Å². The van der Waals surface area contributed by atoms with Crippen LogP contribution in [0.2, 0.25) is 0 Å². The molecule has 0 fully saturated rings. The van der Waals surface area contributed by atoms with Gasteiger partial charge in [0.2, 0.25) is 5.91 Å². The Labute approximate surface area is 295 Å². The van der Waals surface area contributed by atoms with E-state index in [2.05, 4.69) is 15.4 Å². The van der Waals surface area contributed by atoms with E-state index in [0.717, 1.165) is 34.4 Å². The zero-order valence-electron chi connectivity index (χ0n) is 29.2. The summed E-state index contributed by atoms with van der Waals surface area (Å²) in [5.74, 6) is -3.95. The molecule has 0 heterocycles. The van der Waals surface area contributed by atoms with Crippen molar-refractivity contribution in [3.05, 3.63) is 118 Å². The molecule has 0 saturated carbocycles. The molecule has 7 nitrogen and oxygen atoms in total. The molecular weight excluding hydrogens is 664 g/mol. The molecule has 4 rings (SSSR count). The summed E-state index contributed by atoms with van der Waals surface area (Å²) in [6.45, 7) is 9.86. The van der Waals surface area contributed by atoms with E-state index in [4.69, 9.17) is 4.74 Å². The van der Waals surface area contributed by atoms with E-state index in [9.17, 15) is 27.6 Å². The molecule has 4 aromatic rings. The molecule has 2 amide bonds. The van der Waals surface area contributed by atoms with Gasteiger partial charge in [0.25, 0.3) is 5.91 Å². The van der Waals surface area contributed by atoms with E-state index in [-0.39, 0.29) is 25.3 Å². The largest absolute Gasteiger partial charge is 0.573 e. The second-order valence-electron chi connectivity index (χ2n) is 12.4. The number of halogens is 4. The number of hydrogen-bond acceptors (Lipinski definition) is 5. The number of anilines is 1. The predicted octanol–water partition coefficient (Wildman–Crippen LogP) is 9.31. The average molecular weight is 707 g/mol. The van der Waals surface area contributed by atoms with Gasteiger partial charge in [-0.05, 0) is 110 Å². The van der Waals surface area contributed by atoms with Gasteiger partial charge in [-0.3, -0.25) is 14.4 Å². The highest BCUT2D eigenvalue weighted by Crippen LogP contribution is 2.39. The lowest BCUT2D eigenvalue weighted by molar-refractivity contribution is -0.274. The molecular formula is C40H42F4N2O5. The number of carbonyl (C=O) groups is 3. The number of aryl methyl sites for hydroxylation is 3. The fraction of sp³-hybridized carbons (Fsp3) is 0.325. The second kappa shape index (κ2) is 17.2. The van der Waals surface area contributed by atoms with Gasteiger partial charge in [0, 0.05) is 12.1 Å². The zero-order chi connectivity index (χ0) is 37.3. The Kier molecular flexibility index (Phi) is 13.0. The first kappa shape index (κ1) is 38.6. The van der Waals surface area contributed by atoms with E-state index in [1.54, 1.807) is 37.3 Å². The summed E-state index contributed by atoms with van der Waals surface area (Å²) in [5.41, 5.74) is 6.00. The van der Waals surface area contributed by atoms with Crippen molar-refractivity contribution in [1.29, 1.82) is 0 Å². The SMILES string of the molecule is CCC[C@H](c1ccc(C(=O)NCCC(=O)OCC)cc1)[C@@H](C(=O)Nc1ccc(-c2c(C)cc(C)cc2C)cc1F)c1ccc(OC(F)(F)F)cc1. The molecule has 0 bridgehead atoms. The van der Waals surface area contributed by atoms with Crippen LogP contribution in [0.25, 0.3) is 11.1 Å². The second-order valence-corrected chi connectivity index (χ2v) is 12.4. The van der Waals surface area contributed by atoms with Crippen LogP contribution in [0.15, 0.2) is 78.9 Å². The minimum Gasteiger partial charge on any atom is -0.466 e. The number of benzene rings is 4. The number of hydrogen-bond donors (Lipinski definition) is 2. The van der Waals surface area contributed by atoms with Crippen molar-refractivity contribution in [3.63, 3.8) is 0 Å². The van der Waals surface area contributed by atoms with Gasteiger partial charge < -0.3 is 20.1 Å². The Morgan fingerprint density at radius 2 is 1.45 bits per heavy atom. The van der Waals surface area contributed by atoms with Gasteiger partial charge in [0.15, 0.2) is 0 Å². The average Bonchev–Trinajstić information content (AvgIpc) is 3.05. The zero-order valence-corrected chi connectivity index (χ0v) is 29.2. The molecule has 0 aromatic heterocycles. The normalized spacial score (nSPS) is 12.5. The monoisotopic (exact) mass is 706 g/mol. The minimum atomic E-state index is -4.89. The van der Waals surface area contributed by atoms with Gasteiger partial charge in [-0.2, -0.15) is 0 Å². The van der Waals surface area contributed by atoms with Crippen LogP contribution >= 0.6 is 0 Å². The van der Waals surface area contributed by atoms with Gasteiger partial charge in [-0.25, -0.2) is 4.39 Å².